The molecule has 128 valence electrons. The summed E-state index contributed by atoms with van der Waals surface area (Å²) in [6, 6.07) is 15.4. The van der Waals surface area contributed by atoms with Gasteiger partial charge in [-0.2, -0.15) is 0 Å². The molecule has 0 aliphatic carbocycles. The summed E-state index contributed by atoms with van der Waals surface area (Å²) in [5, 5.41) is -0.0550. The molecule has 6 heteroatoms. The molecule has 1 heterocycles. The first-order chi connectivity index (χ1) is 12.1. The van der Waals surface area contributed by atoms with E-state index in [1.807, 2.05) is 54.6 Å². The van der Waals surface area contributed by atoms with E-state index < -0.39 is 0 Å². The molecule has 3 rings (SSSR count). The first-order valence-corrected chi connectivity index (χ1v) is 8.86. The number of methoxy groups -OCH3 is 2. The highest BCUT2D eigenvalue weighted by molar-refractivity contribution is 8.19. The summed E-state index contributed by atoms with van der Waals surface area (Å²) in [7, 11) is 3.19. The van der Waals surface area contributed by atoms with Crippen LogP contribution in [0.1, 0.15) is 11.1 Å². The highest BCUT2D eigenvalue weighted by Gasteiger charge is 2.31. The summed E-state index contributed by atoms with van der Waals surface area (Å²) in [6.07, 6.45) is 1.90. The van der Waals surface area contributed by atoms with Crippen molar-refractivity contribution < 1.29 is 14.3 Å². The van der Waals surface area contributed by atoms with E-state index in [0.29, 0.717) is 23.0 Å². The van der Waals surface area contributed by atoms with Crippen LogP contribution in [0.5, 0.6) is 11.5 Å². The number of rotatable bonds is 5. The maximum atomic E-state index is 12.3. The van der Waals surface area contributed by atoms with Crippen molar-refractivity contribution in [3.05, 3.63) is 64.6 Å². The molecule has 1 aliphatic rings. The molecule has 4 nitrogen and oxygen atoms in total. The molecule has 0 radical (unpaired) electrons. The van der Waals surface area contributed by atoms with Gasteiger partial charge in [0.1, 0.15) is 4.99 Å². The molecule has 0 aromatic heterocycles. The second kappa shape index (κ2) is 7.72. The lowest BCUT2D eigenvalue weighted by Crippen LogP contribution is -2.26. The Labute approximate surface area is 156 Å². The van der Waals surface area contributed by atoms with E-state index in [4.69, 9.17) is 21.7 Å². The summed E-state index contributed by atoms with van der Waals surface area (Å²) < 4.78 is 10.6. The molecule has 2 aromatic carbocycles. The Morgan fingerprint density at radius 3 is 2.48 bits per heavy atom. The highest BCUT2D eigenvalue weighted by Crippen LogP contribution is 2.35. The van der Waals surface area contributed by atoms with Crippen molar-refractivity contribution in [2.45, 2.75) is 6.54 Å². The van der Waals surface area contributed by atoms with E-state index in [9.17, 15) is 4.79 Å². The van der Waals surface area contributed by atoms with Gasteiger partial charge in [0.25, 0.3) is 5.24 Å². The minimum absolute atomic E-state index is 0.0550. The second-order valence-corrected chi connectivity index (χ2v) is 6.75. The van der Waals surface area contributed by atoms with Crippen LogP contribution in [0, 0.1) is 0 Å². The molecule has 1 aliphatic heterocycles. The zero-order valence-electron chi connectivity index (χ0n) is 13.9. The number of carbonyl (C=O) groups is 1. The second-order valence-electron chi connectivity index (χ2n) is 5.37. The SMILES string of the molecule is COc1ccc(/C=C2\SC(=O)N(Cc3ccccc3)C2=S)cc1OC. The minimum Gasteiger partial charge on any atom is -0.493 e. The van der Waals surface area contributed by atoms with E-state index in [2.05, 4.69) is 0 Å². The monoisotopic (exact) mass is 371 g/mol. The minimum atomic E-state index is -0.0550. The number of nitrogens with zero attached hydrogens (tertiary/aromatic N) is 1. The van der Waals surface area contributed by atoms with E-state index in [0.717, 1.165) is 27.8 Å². The van der Waals surface area contributed by atoms with Crippen molar-refractivity contribution in [3.63, 3.8) is 0 Å². The van der Waals surface area contributed by atoms with Crippen molar-refractivity contribution in [2.24, 2.45) is 0 Å². The third-order valence-corrected chi connectivity index (χ3v) is 5.26. The fourth-order valence-corrected chi connectivity index (χ4v) is 3.73. The van der Waals surface area contributed by atoms with Crippen LogP contribution in [0.15, 0.2) is 53.4 Å². The van der Waals surface area contributed by atoms with Gasteiger partial charge in [-0.1, -0.05) is 48.6 Å². The molecule has 25 heavy (non-hydrogen) atoms. The third-order valence-electron chi connectivity index (χ3n) is 3.76. The average molecular weight is 371 g/mol. The van der Waals surface area contributed by atoms with Crippen molar-refractivity contribution in [3.8, 4) is 11.5 Å². The molecule has 2 aromatic rings. The number of benzene rings is 2. The first kappa shape index (κ1) is 17.5. The Balaban J connectivity index is 1.83. The quantitative estimate of drug-likeness (QED) is 0.561. The van der Waals surface area contributed by atoms with Crippen LogP contribution in [0.3, 0.4) is 0 Å². The van der Waals surface area contributed by atoms with Gasteiger partial charge in [-0.3, -0.25) is 9.69 Å². The molecule has 0 unspecified atom stereocenters. The molecule has 0 spiro atoms. The Morgan fingerprint density at radius 1 is 1.08 bits per heavy atom. The number of hydrogen-bond donors (Lipinski definition) is 0. The molecule has 1 amide bonds. The lowest BCUT2D eigenvalue weighted by molar-refractivity contribution is 0.244. The fourth-order valence-electron chi connectivity index (χ4n) is 2.50. The molecule has 1 fully saturated rings. The average Bonchev–Trinajstić information content (AvgIpc) is 2.90. The van der Waals surface area contributed by atoms with Gasteiger partial charge in [-0.15, -0.1) is 0 Å². The number of hydrogen-bond acceptors (Lipinski definition) is 5. The van der Waals surface area contributed by atoms with Gasteiger partial charge in [0, 0.05) is 0 Å². The molecule has 0 saturated carbocycles. The standard InChI is InChI=1S/C19H17NO3S2/c1-22-15-9-8-14(10-16(15)23-2)11-17-18(24)20(19(21)25-17)12-13-6-4-3-5-7-13/h3-11H,12H2,1-2H3/b17-11-. The Bertz CT molecular complexity index is 834. The van der Waals surface area contributed by atoms with Gasteiger partial charge < -0.3 is 9.47 Å². The Hall–Kier alpha value is -2.31. The maximum absolute atomic E-state index is 12.3. The summed E-state index contributed by atoms with van der Waals surface area (Å²) in [4.78, 5) is 15.3. The lowest BCUT2D eigenvalue weighted by Gasteiger charge is -2.14. The molecule has 1 saturated heterocycles. The summed E-state index contributed by atoms with van der Waals surface area (Å²) in [5.41, 5.74) is 1.95. The molecule has 0 N–H and O–H groups in total. The van der Waals surface area contributed by atoms with Crippen LogP contribution < -0.4 is 9.47 Å². The summed E-state index contributed by atoms with van der Waals surface area (Å²) in [5.74, 6) is 1.30. The van der Waals surface area contributed by atoms with Gasteiger partial charge >= 0.3 is 0 Å². The van der Waals surface area contributed by atoms with Crippen LogP contribution in [0.2, 0.25) is 0 Å². The first-order valence-electron chi connectivity index (χ1n) is 7.63. The lowest BCUT2D eigenvalue weighted by atomic mass is 10.2. The number of amides is 1. The van der Waals surface area contributed by atoms with Crippen LogP contribution in [0.4, 0.5) is 4.79 Å². The van der Waals surface area contributed by atoms with Crippen LogP contribution >= 0.6 is 24.0 Å². The van der Waals surface area contributed by atoms with Gasteiger partial charge in [-0.25, -0.2) is 0 Å². The van der Waals surface area contributed by atoms with Gasteiger partial charge in [0.15, 0.2) is 11.5 Å². The van der Waals surface area contributed by atoms with E-state index in [-0.39, 0.29) is 5.24 Å². The van der Waals surface area contributed by atoms with Gasteiger partial charge in [-0.05, 0) is 41.1 Å². The van der Waals surface area contributed by atoms with Crippen LogP contribution in [-0.2, 0) is 6.54 Å². The highest BCUT2D eigenvalue weighted by atomic mass is 32.2. The largest absolute Gasteiger partial charge is 0.493 e. The normalized spacial score (nSPS) is 15.8. The Kier molecular flexibility index (Phi) is 5.40. The van der Waals surface area contributed by atoms with Crippen molar-refractivity contribution in [1.29, 1.82) is 0 Å². The smallest absolute Gasteiger partial charge is 0.291 e. The van der Waals surface area contributed by atoms with Crippen molar-refractivity contribution >= 4 is 40.3 Å². The van der Waals surface area contributed by atoms with Gasteiger partial charge in [0.05, 0.1) is 25.7 Å². The summed E-state index contributed by atoms with van der Waals surface area (Å²) in [6.45, 7) is 0.481. The predicted molar refractivity (Wildman–Crippen MR) is 105 cm³/mol. The Morgan fingerprint density at radius 2 is 1.80 bits per heavy atom. The molecule has 0 bridgehead atoms. The molecular weight excluding hydrogens is 354 g/mol. The van der Waals surface area contributed by atoms with Gasteiger partial charge in [0.2, 0.25) is 0 Å². The number of carbonyl (C=O) groups excluding carboxylic acids is 1. The fraction of sp³-hybridized carbons (Fsp3) is 0.158. The zero-order chi connectivity index (χ0) is 17.8. The van der Waals surface area contributed by atoms with E-state index in [1.165, 1.54) is 0 Å². The van der Waals surface area contributed by atoms with Crippen molar-refractivity contribution in [2.75, 3.05) is 14.2 Å². The topological polar surface area (TPSA) is 38.8 Å². The zero-order valence-corrected chi connectivity index (χ0v) is 15.5. The van der Waals surface area contributed by atoms with Crippen LogP contribution in [-0.4, -0.2) is 29.3 Å². The van der Waals surface area contributed by atoms with E-state index >= 15 is 0 Å². The maximum Gasteiger partial charge on any atom is 0.291 e. The van der Waals surface area contributed by atoms with Crippen molar-refractivity contribution in [1.82, 2.24) is 4.90 Å². The summed E-state index contributed by atoms with van der Waals surface area (Å²) >= 11 is 6.66. The number of thioether (sulfide) groups is 1. The van der Waals surface area contributed by atoms with E-state index in [1.54, 1.807) is 19.1 Å². The van der Waals surface area contributed by atoms with Crippen LogP contribution in [0.25, 0.3) is 6.08 Å². The molecular formula is C19H17NO3S2. The number of ether oxygens (including phenoxy) is 2. The molecule has 0 atom stereocenters. The number of thiocarbonyl (C=S) groups is 1. The predicted octanol–water partition coefficient (Wildman–Crippen LogP) is 4.74. The third kappa shape index (κ3) is 3.86.